The number of carboxylic acid groups (broad SMARTS) is 1. The van der Waals surface area contributed by atoms with Crippen LogP contribution in [-0.4, -0.2) is 40.0 Å². The van der Waals surface area contributed by atoms with Crippen LogP contribution in [0.3, 0.4) is 0 Å². The van der Waals surface area contributed by atoms with Gasteiger partial charge in [0, 0.05) is 29.9 Å². The zero-order valence-corrected chi connectivity index (χ0v) is 24.4. The molecule has 1 heterocycles. The Hall–Kier alpha value is -2.83. The van der Waals surface area contributed by atoms with Crippen LogP contribution in [0, 0.1) is 5.92 Å². The first-order valence-electron chi connectivity index (χ1n) is 15.2. The molecule has 1 aromatic carbocycles. The van der Waals surface area contributed by atoms with Crippen LogP contribution in [0.5, 0.6) is 0 Å². The van der Waals surface area contributed by atoms with Crippen molar-refractivity contribution >= 4 is 28.7 Å². The maximum Gasteiger partial charge on any atom is 0.326 e. The Bertz CT molecular complexity index is 1000. The molecule has 0 aliphatic carbocycles. The smallest absolute Gasteiger partial charge is 0.326 e. The predicted molar refractivity (Wildman–Crippen MR) is 159 cm³/mol. The highest BCUT2D eigenvalue weighted by Gasteiger charge is 2.29. The summed E-state index contributed by atoms with van der Waals surface area (Å²) in [6.07, 6.45) is 18.5. The molecular weight excluding hydrogens is 490 g/mol. The van der Waals surface area contributed by atoms with E-state index in [0.717, 1.165) is 35.7 Å². The number of aromatic amines is 1. The van der Waals surface area contributed by atoms with E-state index in [0.29, 0.717) is 6.42 Å². The number of nitrogens with one attached hydrogen (secondary N) is 3. The molecular formula is C32H51N3O4. The molecule has 1 aromatic heterocycles. The topological polar surface area (TPSA) is 111 Å². The molecule has 39 heavy (non-hydrogen) atoms. The van der Waals surface area contributed by atoms with E-state index in [2.05, 4.69) is 22.5 Å². The predicted octanol–water partition coefficient (Wildman–Crippen LogP) is 6.90. The van der Waals surface area contributed by atoms with E-state index in [1.165, 1.54) is 64.2 Å². The molecule has 7 nitrogen and oxygen atoms in total. The monoisotopic (exact) mass is 541 g/mol. The molecule has 0 aliphatic heterocycles. The summed E-state index contributed by atoms with van der Waals surface area (Å²) >= 11 is 0. The fourth-order valence-electron chi connectivity index (χ4n) is 5.07. The molecule has 0 aliphatic rings. The van der Waals surface area contributed by atoms with E-state index < -0.39 is 24.0 Å². The molecule has 0 saturated carbocycles. The minimum Gasteiger partial charge on any atom is -0.480 e. The zero-order valence-electron chi connectivity index (χ0n) is 24.4. The maximum atomic E-state index is 13.0. The van der Waals surface area contributed by atoms with E-state index in [-0.39, 0.29) is 18.2 Å². The average molecular weight is 542 g/mol. The first kappa shape index (κ1) is 32.4. The molecule has 0 spiro atoms. The van der Waals surface area contributed by atoms with E-state index in [4.69, 9.17) is 0 Å². The first-order valence-corrected chi connectivity index (χ1v) is 15.2. The Morgan fingerprint density at radius 3 is 1.95 bits per heavy atom. The summed E-state index contributed by atoms with van der Waals surface area (Å²) in [6.45, 7) is 5.96. The normalized spacial score (nSPS) is 12.9. The number of aromatic nitrogens is 1. The van der Waals surface area contributed by atoms with Gasteiger partial charge in [0.25, 0.3) is 0 Å². The number of hydrogen-bond donors (Lipinski definition) is 4. The van der Waals surface area contributed by atoms with E-state index in [9.17, 15) is 19.5 Å². The van der Waals surface area contributed by atoms with Crippen LogP contribution < -0.4 is 10.6 Å². The number of H-pyrrole nitrogens is 1. The summed E-state index contributed by atoms with van der Waals surface area (Å²) in [7, 11) is 0. The number of amides is 2. The van der Waals surface area contributed by atoms with Gasteiger partial charge in [-0.3, -0.25) is 9.59 Å². The summed E-state index contributed by atoms with van der Waals surface area (Å²) in [6, 6.07) is 5.80. The standard InChI is InChI=1S/C32H51N3O4/c1-4-5-6-7-8-9-10-11-12-13-14-15-16-21-29(36)35-30(24(2)3)31(37)34-28(32(38)39)22-25-23-33-27-20-18-17-19-26(25)27/h17-20,23-24,28,30,33H,4-16,21-22H2,1-3H3,(H,34,37)(H,35,36)(H,38,39)/t28-,30-/m0/s1. The number of carbonyl (C=O) groups is 3. The van der Waals surface area contributed by atoms with Crippen molar-refractivity contribution in [2.45, 2.75) is 129 Å². The molecule has 0 radical (unpaired) electrons. The minimum absolute atomic E-state index is 0.156. The Kier molecular flexibility index (Phi) is 15.3. The molecule has 0 bridgehead atoms. The van der Waals surface area contributed by atoms with Crippen molar-refractivity contribution in [3.63, 3.8) is 0 Å². The number of carboxylic acids is 1. The minimum atomic E-state index is -1.10. The molecule has 0 unspecified atom stereocenters. The van der Waals surface area contributed by atoms with Crippen LogP contribution in [0.25, 0.3) is 10.9 Å². The van der Waals surface area contributed by atoms with Gasteiger partial charge in [0.2, 0.25) is 11.8 Å². The van der Waals surface area contributed by atoms with Crippen molar-refractivity contribution in [1.82, 2.24) is 15.6 Å². The molecule has 2 aromatic rings. The molecule has 2 atom stereocenters. The van der Waals surface area contributed by atoms with Crippen LogP contribution >= 0.6 is 0 Å². The third-order valence-electron chi connectivity index (χ3n) is 7.49. The highest BCUT2D eigenvalue weighted by Crippen LogP contribution is 2.19. The molecule has 2 amide bonds. The molecule has 2 rings (SSSR count). The van der Waals surface area contributed by atoms with Gasteiger partial charge in [-0.15, -0.1) is 0 Å². The molecule has 4 N–H and O–H groups in total. The maximum absolute atomic E-state index is 13.0. The second-order valence-electron chi connectivity index (χ2n) is 11.2. The fraction of sp³-hybridized carbons (Fsp3) is 0.656. The van der Waals surface area contributed by atoms with Crippen LogP contribution in [-0.2, 0) is 20.8 Å². The van der Waals surface area contributed by atoms with Crippen molar-refractivity contribution in [2.75, 3.05) is 0 Å². The number of aliphatic carboxylic acids is 1. The van der Waals surface area contributed by atoms with E-state index in [1.54, 1.807) is 6.20 Å². The summed E-state index contributed by atoms with van der Waals surface area (Å²) in [4.78, 5) is 40.7. The largest absolute Gasteiger partial charge is 0.480 e. The lowest BCUT2D eigenvalue weighted by molar-refractivity contribution is -0.142. The van der Waals surface area contributed by atoms with Crippen molar-refractivity contribution < 1.29 is 19.5 Å². The van der Waals surface area contributed by atoms with Crippen molar-refractivity contribution in [1.29, 1.82) is 0 Å². The van der Waals surface area contributed by atoms with Crippen molar-refractivity contribution in [2.24, 2.45) is 5.92 Å². The quantitative estimate of drug-likeness (QED) is 0.129. The number of unbranched alkanes of at least 4 members (excludes halogenated alkanes) is 12. The van der Waals surface area contributed by atoms with Gasteiger partial charge in [-0.25, -0.2) is 4.79 Å². The van der Waals surface area contributed by atoms with Gasteiger partial charge in [0.05, 0.1) is 0 Å². The molecule has 0 fully saturated rings. The van der Waals surface area contributed by atoms with Gasteiger partial charge >= 0.3 is 5.97 Å². The highest BCUT2D eigenvalue weighted by atomic mass is 16.4. The number of carbonyl (C=O) groups excluding carboxylic acids is 2. The molecule has 218 valence electrons. The van der Waals surface area contributed by atoms with E-state index in [1.807, 2.05) is 38.1 Å². The van der Waals surface area contributed by atoms with Crippen LogP contribution in [0.2, 0.25) is 0 Å². The second-order valence-corrected chi connectivity index (χ2v) is 11.2. The van der Waals surface area contributed by atoms with Gasteiger partial charge in [-0.1, -0.05) is 116 Å². The Labute approximate surface area is 234 Å². The van der Waals surface area contributed by atoms with Gasteiger partial charge in [0.15, 0.2) is 0 Å². The van der Waals surface area contributed by atoms with Gasteiger partial charge in [0.1, 0.15) is 12.1 Å². The van der Waals surface area contributed by atoms with E-state index >= 15 is 0 Å². The molecule has 0 saturated heterocycles. The Balaban J connectivity index is 1.68. The zero-order chi connectivity index (χ0) is 28.5. The SMILES string of the molecule is CCCCCCCCCCCCCCCC(=O)N[C@H](C(=O)N[C@@H](Cc1c[nH]c2ccccc12)C(=O)O)C(C)C. The van der Waals surface area contributed by atoms with Gasteiger partial charge in [-0.2, -0.15) is 0 Å². The van der Waals surface area contributed by atoms with Crippen molar-refractivity contribution in [3.05, 3.63) is 36.0 Å². The van der Waals surface area contributed by atoms with Crippen LogP contribution in [0.4, 0.5) is 0 Å². The van der Waals surface area contributed by atoms with Crippen molar-refractivity contribution in [3.8, 4) is 0 Å². The Morgan fingerprint density at radius 2 is 1.38 bits per heavy atom. The van der Waals surface area contributed by atoms with Gasteiger partial charge in [-0.05, 0) is 24.0 Å². The number of rotatable bonds is 21. The third kappa shape index (κ3) is 12.3. The highest BCUT2D eigenvalue weighted by molar-refractivity contribution is 5.91. The van der Waals surface area contributed by atoms with Crippen LogP contribution in [0.15, 0.2) is 30.5 Å². The fourth-order valence-corrected chi connectivity index (χ4v) is 5.07. The lowest BCUT2D eigenvalue weighted by Gasteiger charge is -2.24. The molecule has 7 heteroatoms. The van der Waals surface area contributed by atoms with Gasteiger partial charge < -0.3 is 20.7 Å². The number of fused-ring (bicyclic) bond motifs is 1. The summed E-state index contributed by atoms with van der Waals surface area (Å²) < 4.78 is 0. The average Bonchev–Trinajstić information content (AvgIpc) is 3.32. The number of benzene rings is 1. The summed E-state index contributed by atoms with van der Waals surface area (Å²) in [5.41, 5.74) is 1.74. The lowest BCUT2D eigenvalue weighted by atomic mass is 10.0. The number of hydrogen-bond acceptors (Lipinski definition) is 3. The van der Waals surface area contributed by atoms with Crippen LogP contribution in [0.1, 0.15) is 116 Å². The second kappa shape index (κ2) is 18.5. The Morgan fingerprint density at radius 1 is 0.821 bits per heavy atom. The first-order chi connectivity index (χ1) is 18.8. The summed E-state index contributed by atoms with van der Waals surface area (Å²) in [5, 5.41) is 16.2. The summed E-state index contributed by atoms with van der Waals surface area (Å²) in [5.74, 6) is -1.89. The number of para-hydroxylation sites is 1. The lowest BCUT2D eigenvalue weighted by Crippen LogP contribution is -2.54. The third-order valence-corrected chi connectivity index (χ3v) is 7.49.